The monoisotopic (exact) mass is 358 g/mol. The van der Waals surface area contributed by atoms with Gasteiger partial charge >= 0.3 is 0 Å². The zero-order valence-electron chi connectivity index (χ0n) is 13.6. The van der Waals surface area contributed by atoms with Crippen molar-refractivity contribution in [1.29, 1.82) is 0 Å². The fourth-order valence-corrected chi connectivity index (χ4v) is 1.85. The normalized spacial score (nSPS) is 11.7. The van der Waals surface area contributed by atoms with Crippen LogP contribution >= 0.6 is 0 Å². The van der Waals surface area contributed by atoms with Crippen LogP contribution in [0.5, 0.6) is 5.75 Å². The van der Waals surface area contributed by atoms with Crippen molar-refractivity contribution in [3.8, 4) is 5.75 Å². The van der Waals surface area contributed by atoms with E-state index in [-0.39, 0.29) is 11.4 Å². The Morgan fingerprint density at radius 2 is 1.54 bits per heavy atom. The Kier molecular flexibility index (Phi) is 5.93. The lowest BCUT2D eigenvalue weighted by Crippen LogP contribution is -2.33. The van der Waals surface area contributed by atoms with E-state index < -0.39 is 21.9 Å². The quantitative estimate of drug-likeness (QED) is 0.458. The second kappa shape index (κ2) is 8.33. The molecule has 1 amide bonds. The molecule has 0 aliphatic carbocycles. The average molecular weight is 358 g/mol. The number of carbonyl (C=O) groups excluding carboxylic acids is 1. The number of nitro benzene ring substituents is 2. The summed E-state index contributed by atoms with van der Waals surface area (Å²) in [5.74, 6) is -0.223. The molecule has 0 saturated carbocycles. The Bertz CT molecular complexity index is 833. The van der Waals surface area contributed by atoms with Crippen LogP contribution in [0.25, 0.3) is 0 Å². The standard InChI is InChI=1S/C16H14N4O6/c1-11(26-15-8-6-14(7-9-15)20(24)25)16(21)18-17-10-12-2-4-13(5-3-12)19(22)23/h2-11H,1H3,(H,18,21)/b17-10+. The molecule has 1 unspecified atom stereocenters. The van der Waals surface area contributed by atoms with Crippen molar-refractivity contribution < 1.29 is 19.4 Å². The molecule has 0 fully saturated rings. The summed E-state index contributed by atoms with van der Waals surface area (Å²) in [7, 11) is 0. The number of carbonyl (C=O) groups is 1. The molecule has 0 bridgehead atoms. The molecule has 0 spiro atoms. The maximum atomic E-state index is 11.9. The molecule has 1 atom stereocenters. The summed E-state index contributed by atoms with van der Waals surface area (Å²) in [6.07, 6.45) is 0.450. The van der Waals surface area contributed by atoms with Gasteiger partial charge in [0.2, 0.25) is 0 Å². The highest BCUT2D eigenvalue weighted by atomic mass is 16.6. The van der Waals surface area contributed by atoms with Crippen molar-refractivity contribution >= 4 is 23.5 Å². The lowest BCUT2D eigenvalue weighted by atomic mass is 10.2. The van der Waals surface area contributed by atoms with E-state index in [2.05, 4.69) is 10.5 Å². The van der Waals surface area contributed by atoms with Crippen molar-refractivity contribution in [3.63, 3.8) is 0 Å². The zero-order valence-corrected chi connectivity index (χ0v) is 13.6. The van der Waals surface area contributed by atoms with Gasteiger partial charge in [0.05, 0.1) is 16.1 Å². The van der Waals surface area contributed by atoms with Crippen LogP contribution in [0.1, 0.15) is 12.5 Å². The summed E-state index contributed by atoms with van der Waals surface area (Å²) in [4.78, 5) is 32.0. The lowest BCUT2D eigenvalue weighted by Gasteiger charge is -2.12. The van der Waals surface area contributed by atoms with Gasteiger partial charge in [-0.3, -0.25) is 25.0 Å². The highest BCUT2D eigenvalue weighted by Gasteiger charge is 2.14. The molecule has 10 heteroatoms. The highest BCUT2D eigenvalue weighted by molar-refractivity contribution is 5.84. The summed E-state index contributed by atoms with van der Waals surface area (Å²) in [6.45, 7) is 1.50. The number of nitro groups is 2. The largest absolute Gasteiger partial charge is 0.481 e. The molecular formula is C16H14N4O6. The Morgan fingerprint density at radius 3 is 2.04 bits per heavy atom. The van der Waals surface area contributed by atoms with E-state index in [9.17, 15) is 25.0 Å². The van der Waals surface area contributed by atoms with Crippen LogP contribution in [0, 0.1) is 20.2 Å². The molecule has 0 aliphatic rings. The molecule has 2 aromatic carbocycles. The smallest absolute Gasteiger partial charge is 0.280 e. The molecule has 0 heterocycles. The minimum atomic E-state index is -0.884. The molecule has 10 nitrogen and oxygen atoms in total. The van der Waals surface area contributed by atoms with Crippen LogP contribution in [0.2, 0.25) is 0 Å². The minimum Gasteiger partial charge on any atom is -0.481 e. The van der Waals surface area contributed by atoms with Gasteiger partial charge in [-0.2, -0.15) is 5.10 Å². The summed E-state index contributed by atoms with van der Waals surface area (Å²) in [5.41, 5.74) is 2.72. The number of amides is 1. The highest BCUT2D eigenvalue weighted by Crippen LogP contribution is 2.18. The first-order chi connectivity index (χ1) is 12.4. The van der Waals surface area contributed by atoms with E-state index in [0.29, 0.717) is 11.3 Å². The Morgan fingerprint density at radius 1 is 1.04 bits per heavy atom. The molecule has 1 N–H and O–H groups in total. The van der Waals surface area contributed by atoms with E-state index in [4.69, 9.17) is 4.74 Å². The van der Waals surface area contributed by atoms with Crippen LogP contribution in [0.4, 0.5) is 11.4 Å². The molecule has 2 aromatic rings. The summed E-state index contributed by atoms with van der Waals surface area (Å²) >= 11 is 0. The molecule has 2 rings (SSSR count). The van der Waals surface area contributed by atoms with Gasteiger partial charge in [0.15, 0.2) is 6.10 Å². The first kappa shape index (κ1) is 18.5. The van der Waals surface area contributed by atoms with Crippen LogP contribution in [0.3, 0.4) is 0 Å². The maximum absolute atomic E-state index is 11.9. The third-order valence-corrected chi connectivity index (χ3v) is 3.22. The third-order valence-electron chi connectivity index (χ3n) is 3.22. The van der Waals surface area contributed by atoms with Gasteiger partial charge in [0.1, 0.15) is 5.75 Å². The van der Waals surface area contributed by atoms with Gasteiger partial charge in [-0.1, -0.05) is 0 Å². The average Bonchev–Trinajstić information content (AvgIpc) is 2.62. The van der Waals surface area contributed by atoms with E-state index in [1.165, 1.54) is 61.7 Å². The van der Waals surface area contributed by atoms with E-state index >= 15 is 0 Å². The number of nitrogens with zero attached hydrogens (tertiary/aromatic N) is 3. The Balaban J connectivity index is 1.88. The maximum Gasteiger partial charge on any atom is 0.280 e. The minimum absolute atomic E-state index is 0.0451. The van der Waals surface area contributed by atoms with Gasteiger partial charge in [-0.25, -0.2) is 5.43 Å². The number of non-ortho nitro benzene ring substituents is 2. The van der Waals surface area contributed by atoms with Crippen molar-refractivity contribution in [2.75, 3.05) is 0 Å². The van der Waals surface area contributed by atoms with E-state index in [0.717, 1.165) is 0 Å². The number of hydrogen-bond acceptors (Lipinski definition) is 7. The lowest BCUT2D eigenvalue weighted by molar-refractivity contribution is -0.385. The predicted molar refractivity (Wildman–Crippen MR) is 92.0 cm³/mol. The van der Waals surface area contributed by atoms with Gasteiger partial charge < -0.3 is 4.74 Å². The fourth-order valence-electron chi connectivity index (χ4n) is 1.85. The SMILES string of the molecule is CC(Oc1ccc([N+](=O)[O-])cc1)C(=O)N/N=C/c1ccc([N+](=O)[O-])cc1. The number of benzene rings is 2. The van der Waals surface area contributed by atoms with Crippen LogP contribution in [-0.4, -0.2) is 28.1 Å². The second-order valence-corrected chi connectivity index (χ2v) is 5.09. The molecule has 134 valence electrons. The molecule has 0 aliphatic heterocycles. The molecule has 0 radical (unpaired) electrons. The zero-order chi connectivity index (χ0) is 19.1. The van der Waals surface area contributed by atoms with Crippen LogP contribution < -0.4 is 10.2 Å². The van der Waals surface area contributed by atoms with E-state index in [1.807, 2.05) is 0 Å². The third kappa shape index (κ3) is 5.09. The summed E-state index contributed by atoms with van der Waals surface area (Å²) < 4.78 is 5.37. The van der Waals surface area contributed by atoms with Gasteiger partial charge in [0.25, 0.3) is 17.3 Å². The van der Waals surface area contributed by atoms with Crippen molar-refractivity contribution in [2.45, 2.75) is 13.0 Å². The molecule has 0 aromatic heterocycles. The number of hydrogen-bond donors (Lipinski definition) is 1. The number of hydrazone groups is 1. The molecule has 26 heavy (non-hydrogen) atoms. The van der Waals surface area contributed by atoms with Crippen molar-refractivity contribution in [2.24, 2.45) is 5.10 Å². The van der Waals surface area contributed by atoms with E-state index in [1.54, 1.807) is 0 Å². The second-order valence-electron chi connectivity index (χ2n) is 5.09. The Hall–Kier alpha value is -3.82. The fraction of sp³-hybridized carbons (Fsp3) is 0.125. The first-order valence-electron chi connectivity index (χ1n) is 7.35. The number of rotatable bonds is 7. The Labute approximate surface area is 147 Å². The topological polar surface area (TPSA) is 137 Å². The molecular weight excluding hydrogens is 344 g/mol. The molecule has 0 saturated heterocycles. The predicted octanol–water partition coefficient (Wildman–Crippen LogP) is 2.42. The first-order valence-corrected chi connectivity index (χ1v) is 7.35. The van der Waals surface area contributed by atoms with Crippen LogP contribution in [0.15, 0.2) is 53.6 Å². The van der Waals surface area contributed by atoms with Crippen molar-refractivity contribution in [1.82, 2.24) is 5.43 Å². The van der Waals surface area contributed by atoms with Gasteiger partial charge in [0, 0.05) is 24.3 Å². The van der Waals surface area contributed by atoms with Gasteiger partial charge in [-0.05, 0) is 36.8 Å². The van der Waals surface area contributed by atoms with Crippen molar-refractivity contribution in [3.05, 3.63) is 74.3 Å². The van der Waals surface area contributed by atoms with Gasteiger partial charge in [-0.15, -0.1) is 0 Å². The summed E-state index contributed by atoms with van der Waals surface area (Å²) in [5, 5.41) is 24.9. The van der Waals surface area contributed by atoms with Crippen LogP contribution in [-0.2, 0) is 4.79 Å². The number of ether oxygens (including phenoxy) is 1. The summed E-state index contributed by atoms with van der Waals surface area (Å²) in [6, 6.07) is 11.0. The number of nitrogens with one attached hydrogen (secondary N) is 1.